The first-order valence-electron chi connectivity index (χ1n) is 32.5. The SMILES string of the molecule is CN(CCN(C)Cc1cc(C(C)(C)C)cc(C(C)(C)C)c1[O-])Cc1cc(C(C)(C)C)cc(C(C)(C)C)c1[O-].CN(CCN(C)Cc1cc(C(C)(C)C)cc(C(C)(C)C)c1[O-])Cc1cc(C(C)(C)C)cc(C(C)(C)C)c1[O-].C[Si](C)(C)C[O-].C[Si](C)(C)C[O-].[Y+3].[Y+3]. The molecule has 0 N–H and O–H groups in total. The van der Waals surface area contributed by atoms with E-state index >= 15 is 0 Å². The minimum Gasteiger partial charge on any atom is -0.872 e. The van der Waals surface area contributed by atoms with Gasteiger partial charge >= 0.3 is 65.4 Å². The molecule has 0 spiro atoms. The van der Waals surface area contributed by atoms with Crippen molar-refractivity contribution in [2.45, 2.75) is 275 Å². The maximum Gasteiger partial charge on any atom is 3.00 e. The van der Waals surface area contributed by atoms with Crippen LogP contribution in [0.5, 0.6) is 23.0 Å². The summed E-state index contributed by atoms with van der Waals surface area (Å²) in [6.07, 6.45) is 0.319. The molecule has 0 heterocycles. The quantitative estimate of drug-likeness (QED) is 0.0992. The van der Waals surface area contributed by atoms with Crippen LogP contribution in [0.25, 0.3) is 0 Å². The summed E-state index contributed by atoms with van der Waals surface area (Å²) in [7, 11) is 5.92. The van der Waals surface area contributed by atoms with Crippen molar-refractivity contribution >= 4 is 16.1 Å². The zero-order valence-corrected chi connectivity index (χ0v) is 71.8. The molecule has 4 rings (SSSR count). The Balaban J connectivity index is 0. The molecule has 14 heteroatoms. The molecule has 10 nitrogen and oxygen atoms in total. The number of hydrogen-bond acceptors (Lipinski definition) is 10. The minimum atomic E-state index is -1.19. The molecule has 0 amide bonds. The van der Waals surface area contributed by atoms with Crippen molar-refractivity contribution in [1.29, 1.82) is 0 Å². The topological polar surface area (TPSA) is 151 Å². The first-order valence-corrected chi connectivity index (χ1v) is 39.9. The van der Waals surface area contributed by atoms with Gasteiger partial charge in [-0.25, -0.2) is 0 Å². The Morgan fingerprint density at radius 1 is 0.278 bits per heavy atom. The van der Waals surface area contributed by atoms with Gasteiger partial charge in [0.15, 0.2) is 0 Å². The molecule has 0 atom stereocenters. The van der Waals surface area contributed by atoms with Crippen LogP contribution in [0.1, 0.15) is 233 Å². The van der Waals surface area contributed by atoms with Crippen LogP contribution in [-0.2, 0) is 135 Å². The Morgan fingerprint density at radius 3 is 0.511 bits per heavy atom. The van der Waals surface area contributed by atoms with Crippen molar-refractivity contribution in [3.05, 3.63) is 115 Å². The van der Waals surface area contributed by atoms with E-state index in [1.807, 2.05) is 0 Å². The standard InChI is InChI=1S/2C34H56N2O2.2C4H11OSi.2Y/c2*1-31(2,3)25-17-23(29(37)27(19-25)33(7,8)9)21-35(13)15-16-36(14)22-24-18-26(32(4,5)6)20-28(30(24)38)34(10,11)12;2*1-6(2,3)4-5;;/h2*17-20,37-38H,15-16,21-22H2,1-14H3;2*4H2,1-3H3;;/q;;2*-1;2*+3/p-4. The third-order valence-electron chi connectivity index (χ3n) is 15.7. The van der Waals surface area contributed by atoms with Gasteiger partial charge in [0.2, 0.25) is 0 Å². The normalized spacial score (nSPS) is 13.1. The molecule has 504 valence electrons. The van der Waals surface area contributed by atoms with Gasteiger partial charge in [0.05, 0.1) is 0 Å². The fraction of sp³-hybridized carbons (Fsp3) is 0.684. The van der Waals surface area contributed by atoms with Crippen LogP contribution in [-0.4, -0.2) is 103 Å². The van der Waals surface area contributed by atoms with E-state index in [9.17, 15) is 30.6 Å². The van der Waals surface area contributed by atoms with Crippen LogP contribution >= 0.6 is 0 Å². The van der Waals surface area contributed by atoms with Crippen molar-refractivity contribution in [3.8, 4) is 23.0 Å². The smallest absolute Gasteiger partial charge is 0.872 e. The zero-order chi connectivity index (χ0) is 69.3. The minimum absolute atomic E-state index is 0. The molecule has 4 aromatic rings. The average Bonchev–Trinajstić information content (AvgIpc) is 1.28. The molecule has 0 aliphatic carbocycles. The van der Waals surface area contributed by atoms with Gasteiger partial charge in [-0.05, 0) is 138 Å². The molecule has 0 unspecified atom stereocenters. The third-order valence-corrected chi connectivity index (χ3v) is 17.4. The molecule has 0 fully saturated rings. The number of rotatable bonds is 16. The van der Waals surface area contributed by atoms with Crippen LogP contribution in [0.2, 0.25) is 39.3 Å². The van der Waals surface area contributed by atoms with Crippen LogP contribution in [0, 0.1) is 0 Å². The fourth-order valence-corrected chi connectivity index (χ4v) is 9.35. The summed E-state index contributed by atoms with van der Waals surface area (Å²) in [5, 5.41) is 73.6. The van der Waals surface area contributed by atoms with Crippen molar-refractivity contribution in [2.75, 3.05) is 66.8 Å². The summed E-state index contributed by atoms with van der Waals surface area (Å²) < 4.78 is 0. The van der Waals surface area contributed by atoms with E-state index in [2.05, 4.69) is 302 Å². The Kier molecular flexibility index (Phi) is 35.3. The van der Waals surface area contributed by atoms with Crippen molar-refractivity contribution in [3.63, 3.8) is 0 Å². The number of hydrogen-bond donors (Lipinski definition) is 0. The second kappa shape index (κ2) is 35.1. The van der Waals surface area contributed by atoms with Gasteiger partial charge < -0.3 is 50.2 Å². The van der Waals surface area contributed by atoms with E-state index in [0.717, 1.165) is 70.7 Å². The van der Waals surface area contributed by atoms with Gasteiger partial charge in [0.25, 0.3) is 0 Å². The first kappa shape index (κ1) is 90.5. The molecular weight excluding hydrogens is 1300 g/mol. The van der Waals surface area contributed by atoms with Crippen LogP contribution in [0.3, 0.4) is 0 Å². The van der Waals surface area contributed by atoms with E-state index in [1.54, 1.807) is 0 Å². The molecule has 0 radical (unpaired) electrons. The fourth-order valence-electron chi connectivity index (χ4n) is 9.35. The molecule has 0 bridgehead atoms. The van der Waals surface area contributed by atoms with Crippen LogP contribution < -0.4 is 30.6 Å². The van der Waals surface area contributed by atoms with E-state index in [0.29, 0.717) is 26.2 Å². The van der Waals surface area contributed by atoms with Gasteiger partial charge in [0, 0.05) is 68.5 Å². The maximum absolute atomic E-state index is 13.4. The second-order valence-corrected chi connectivity index (χ2v) is 47.2. The number of benzene rings is 4. The Bertz CT molecular complexity index is 2470. The van der Waals surface area contributed by atoms with Crippen LogP contribution in [0.15, 0.2) is 48.5 Å². The van der Waals surface area contributed by atoms with Gasteiger partial charge in [0.1, 0.15) is 0 Å². The largest absolute Gasteiger partial charge is 3.00 e. The Morgan fingerprint density at radius 2 is 0.411 bits per heavy atom. The average molecular weight is 1430 g/mol. The summed E-state index contributed by atoms with van der Waals surface area (Å²) >= 11 is 0. The van der Waals surface area contributed by atoms with E-state index in [4.69, 9.17) is 0 Å². The number of likely N-dealkylation sites (N-methyl/N-ethyl adjacent to an activating group) is 4. The van der Waals surface area contributed by atoms with E-state index in [-0.39, 0.29) is 144 Å². The molecule has 0 saturated carbocycles. The Labute approximate surface area is 606 Å². The summed E-state index contributed by atoms with van der Waals surface area (Å²) in [5.41, 5.74) is 11.0. The summed E-state index contributed by atoms with van der Waals surface area (Å²) in [6.45, 7) is 69.8. The predicted octanol–water partition coefficient (Wildman–Crippen LogP) is 13.6. The predicted molar refractivity (Wildman–Crippen MR) is 375 cm³/mol. The Hall–Kier alpha value is -1.52. The van der Waals surface area contributed by atoms with Gasteiger partial charge in [-0.1, -0.05) is 254 Å². The zero-order valence-electron chi connectivity index (χ0n) is 64.1. The summed E-state index contributed by atoms with van der Waals surface area (Å²) in [4.78, 5) is 8.87. The van der Waals surface area contributed by atoms with Gasteiger partial charge in [-0.15, -0.1) is 35.5 Å². The van der Waals surface area contributed by atoms with Crippen molar-refractivity contribution < 1.29 is 96.1 Å². The molecule has 0 aromatic heterocycles. The second-order valence-electron chi connectivity index (χ2n) is 36.4. The van der Waals surface area contributed by atoms with Crippen molar-refractivity contribution in [2.24, 2.45) is 0 Å². The van der Waals surface area contributed by atoms with Gasteiger partial charge in [-0.2, -0.15) is 0 Å². The molecule has 0 aliphatic heterocycles. The van der Waals surface area contributed by atoms with Gasteiger partial charge in [-0.3, -0.25) is 0 Å². The third kappa shape index (κ3) is 31.1. The summed E-state index contributed by atoms with van der Waals surface area (Å²) in [6, 6.07) is 16.9. The van der Waals surface area contributed by atoms with E-state index in [1.165, 1.54) is 22.3 Å². The molecular formula is C76H130N4O6Si2Y2. The van der Waals surface area contributed by atoms with E-state index < -0.39 is 16.1 Å². The van der Waals surface area contributed by atoms with Crippen molar-refractivity contribution in [1.82, 2.24) is 19.6 Å². The molecule has 0 aliphatic rings. The molecule has 0 saturated heterocycles. The summed E-state index contributed by atoms with van der Waals surface area (Å²) in [5.74, 6) is 0.650. The molecule has 4 aromatic carbocycles. The monoisotopic (exact) mass is 1430 g/mol. The number of nitrogens with zero attached hydrogens (tertiary/aromatic N) is 4. The maximum atomic E-state index is 13.4. The van der Waals surface area contributed by atoms with Crippen LogP contribution in [0.4, 0.5) is 0 Å². The molecule has 90 heavy (non-hydrogen) atoms. The first-order chi connectivity index (χ1) is 39.1.